The number of hydrogen-bond acceptors (Lipinski definition) is 2. The molecule has 244 valence electrons. The number of para-hydroxylation sites is 4. The van der Waals surface area contributed by atoms with Gasteiger partial charge in [-0.2, -0.15) is 0 Å². The highest BCUT2D eigenvalue weighted by atomic mass is 15.3. The van der Waals surface area contributed by atoms with Crippen LogP contribution in [0, 0.1) is 0 Å². The fraction of sp³-hybridized carbons (Fsp3) is 0. The third-order valence-electron chi connectivity index (χ3n) is 11.6. The van der Waals surface area contributed by atoms with Crippen LogP contribution in [-0.2, 0) is 0 Å². The van der Waals surface area contributed by atoms with Crippen molar-refractivity contribution in [2.24, 2.45) is 0 Å². The Kier molecular flexibility index (Phi) is 5.06. The van der Waals surface area contributed by atoms with E-state index in [-0.39, 0.29) is 0 Å². The molecule has 0 unspecified atom stereocenters. The molecule has 0 radical (unpaired) electrons. The monoisotopic (exact) mass is 673 g/mol. The molecule has 5 heterocycles. The first-order valence-electron chi connectivity index (χ1n) is 18.1. The van der Waals surface area contributed by atoms with Gasteiger partial charge in [-0.1, -0.05) is 133 Å². The van der Waals surface area contributed by atoms with Gasteiger partial charge in [-0.3, -0.25) is 9.13 Å². The molecule has 5 aromatic heterocycles. The summed E-state index contributed by atoms with van der Waals surface area (Å²) in [6, 6.07) is 59.2. The Morgan fingerprint density at radius 1 is 0.302 bits per heavy atom. The standard InChI is InChI=1S/C48H27N5/c1-2-14-29-28(13-1)25-26-36-44-43-35-20-8-12-24-41(35)52(42(43)27-37-32-17-7-11-23-40(32)53(45(29)36)46(37)44)48-34-19-4-3-18-33(34)47(49-50-48)51-38-21-9-5-15-30(38)31-16-6-10-22-39(31)51/h1-27H. The van der Waals surface area contributed by atoms with E-state index in [4.69, 9.17) is 10.2 Å². The number of nitrogens with zero attached hydrogens (tertiary/aromatic N) is 5. The Morgan fingerprint density at radius 3 is 1.42 bits per heavy atom. The third kappa shape index (κ3) is 3.33. The van der Waals surface area contributed by atoms with Crippen molar-refractivity contribution in [1.82, 2.24) is 23.7 Å². The molecule has 0 N–H and O–H groups in total. The Morgan fingerprint density at radius 2 is 0.774 bits per heavy atom. The van der Waals surface area contributed by atoms with E-state index in [1.807, 2.05) is 0 Å². The number of benzene rings is 8. The minimum Gasteiger partial charge on any atom is -0.307 e. The molecule has 0 bridgehead atoms. The predicted octanol–water partition coefficient (Wildman–Crippen LogP) is 12.1. The molecule has 0 atom stereocenters. The van der Waals surface area contributed by atoms with Gasteiger partial charge in [-0.05, 0) is 35.7 Å². The van der Waals surface area contributed by atoms with Crippen LogP contribution in [0.15, 0.2) is 164 Å². The molecule has 8 aromatic carbocycles. The summed E-state index contributed by atoms with van der Waals surface area (Å²) in [4.78, 5) is 0. The fourth-order valence-electron chi connectivity index (χ4n) is 9.55. The third-order valence-corrected chi connectivity index (χ3v) is 11.6. The van der Waals surface area contributed by atoms with Crippen LogP contribution in [0.2, 0.25) is 0 Å². The van der Waals surface area contributed by atoms with Crippen LogP contribution in [0.1, 0.15) is 0 Å². The number of fused-ring (bicyclic) bond motifs is 16. The minimum atomic E-state index is 0.823. The molecule has 0 aliphatic rings. The maximum Gasteiger partial charge on any atom is 0.168 e. The van der Waals surface area contributed by atoms with Crippen molar-refractivity contribution in [2.75, 3.05) is 0 Å². The van der Waals surface area contributed by atoms with Crippen LogP contribution in [0.3, 0.4) is 0 Å². The van der Waals surface area contributed by atoms with Crippen LogP contribution >= 0.6 is 0 Å². The highest BCUT2D eigenvalue weighted by molar-refractivity contribution is 6.37. The van der Waals surface area contributed by atoms with Gasteiger partial charge in [-0.25, -0.2) is 0 Å². The Hall–Kier alpha value is -7.24. The molecule has 13 rings (SSSR count). The summed E-state index contributed by atoms with van der Waals surface area (Å²) >= 11 is 0. The van der Waals surface area contributed by atoms with Crippen molar-refractivity contribution >= 4 is 103 Å². The van der Waals surface area contributed by atoms with E-state index in [0.717, 1.165) is 44.5 Å². The quantitative estimate of drug-likeness (QED) is 0.183. The first kappa shape index (κ1) is 27.5. The molecule has 0 aliphatic heterocycles. The van der Waals surface area contributed by atoms with Gasteiger partial charge in [0.1, 0.15) is 0 Å². The topological polar surface area (TPSA) is 40.0 Å². The molecule has 0 amide bonds. The second-order valence-electron chi connectivity index (χ2n) is 14.2. The summed E-state index contributed by atoms with van der Waals surface area (Å²) < 4.78 is 7.14. The lowest BCUT2D eigenvalue weighted by Crippen LogP contribution is -2.06. The average molecular weight is 674 g/mol. The van der Waals surface area contributed by atoms with Gasteiger partial charge in [0.05, 0.1) is 38.6 Å². The predicted molar refractivity (Wildman–Crippen MR) is 220 cm³/mol. The first-order chi connectivity index (χ1) is 26.3. The first-order valence-corrected chi connectivity index (χ1v) is 18.1. The number of hydrogen-bond donors (Lipinski definition) is 0. The van der Waals surface area contributed by atoms with Gasteiger partial charge >= 0.3 is 0 Å². The summed E-state index contributed by atoms with van der Waals surface area (Å²) in [6.07, 6.45) is 0. The average Bonchev–Trinajstić information content (AvgIpc) is 3.94. The van der Waals surface area contributed by atoms with Crippen molar-refractivity contribution in [3.63, 3.8) is 0 Å². The lowest BCUT2D eigenvalue weighted by atomic mass is 10.00. The molecule has 0 fully saturated rings. The van der Waals surface area contributed by atoms with Crippen molar-refractivity contribution in [3.05, 3.63) is 164 Å². The molecular formula is C48H27N5. The zero-order valence-electron chi connectivity index (χ0n) is 28.3. The molecule has 0 saturated heterocycles. The maximum absolute atomic E-state index is 5.19. The maximum atomic E-state index is 5.19. The molecule has 53 heavy (non-hydrogen) atoms. The number of rotatable bonds is 2. The molecule has 13 aromatic rings. The smallest absolute Gasteiger partial charge is 0.168 e. The number of aromatic nitrogens is 5. The second-order valence-corrected chi connectivity index (χ2v) is 14.2. The molecule has 5 heteroatoms. The Balaban J connectivity index is 1.21. The lowest BCUT2D eigenvalue weighted by molar-refractivity contribution is 0.930. The van der Waals surface area contributed by atoms with Gasteiger partial charge in [-0.15, -0.1) is 10.2 Å². The zero-order chi connectivity index (χ0) is 34.4. The van der Waals surface area contributed by atoms with Gasteiger partial charge in [0.2, 0.25) is 0 Å². The van der Waals surface area contributed by atoms with E-state index in [0.29, 0.717) is 0 Å². The molecule has 0 spiro atoms. The van der Waals surface area contributed by atoms with E-state index in [9.17, 15) is 0 Å². The molecule has 0 aliphatic carbocycles. The molecular weight excluding hydrogens is 647 g/mol. The highest BCUT2D eigenvalue weighted by Crippen LogP contribution is 2.48. The van der Waals surface area contributed by atoms with Crippen molar-refractivity contribution in [2.45, 2.75) is 0 Å². The minimum absolute atomic E-state index is 0.823. The van der Waals surface area contributed by atoms with E-state index in [2.05, 4.69) is 177 Å². The van der Waals surface area contributed by atoms with E-state index in [1.165, 1.54) is 70.4 Å². The summed E-state index contributed by atoms with van der Waals surface area (Å²) in [5.74, 6) is 1.65. The van der Waals surface area contributed by atoms with Crippen LogP contribution in [0.4, 0.5) is 0 Å². The summed E-state index contributed by atoms with van der Waals surface area (Å²) in [5.41, 5.74) is 8.22. The largest absolute Gasteiger partial charge is 0.307 e. The van der Waals surface area contributed by atoms with Crippen LogP contribution < -0.4 is 0 Å². The normalized spacial score (nSPS) is 12.5. The fourth-order valence-corrected chi connectivity index (χ4v) is 9.55. The SMILES string of the molecule is c1ccc2c(c1)ccc1c3c4c5ccccc5n(-c5nnc(-n6c7ccccc7c7ccccc76)c6ccccc56)c4cc4c5ccccc5n(c21)c43. The molecule has 0 saturated carbocycles. The Bertz CT molecular complexity index is 3640. The Labute approximate surface area is 301 Å². The van der Waals surface area contributed by atoms with Gasteiger partial charge in [0, 0.05) is 59.2 Å². The van der Waals surface area contributed by atoms with Crippen LogP contribution in [0.25, 0.3) is 115 Å². The molecule has 5 nitrogen and oxygen atoms in total. The van der Waals surface area contributed by atoms with E-state index >= 15 is 0 Å². The highest BCUT2D eigenvalue weighted by Gasteiger charge is 2.26. The lowest BCUT2D eigenvalue weighted by Gasteiger charge is -2.14. The van der Waals surface area contributed by atoms with Crippen LogP contribution in [0.5, 0.6) is 0 Å². The second kappa shape index (κ2) is 9.75. The van der Waals surface area contributed by atoms with Crippen molar-refractivity contribution < 1.29 is 0 Å². The van der Waals surface area contributed by atoms with Crippen molar-refractivity contribution in [1.29, 1.82) is 0 Å². The van der Waals surface area contributed by atoms with E-state index in [1.54, 1.807) is 0 Å². The van der Waals surface area contributed by atoms with Crippen LogP contribution in [-0.4, -0.2) is 23.7 Å². The van der Waals surface area contributed by atoms with Gasteiger partial charge in [0.25, 0.3) is 0 Å². The van der Waals surface area contributed by atoms with E-state index < -0.39 is 0 Å². The summed E-state index contributed by atoms with van der Waals surface area (Å²) in [7, 11) is 0. The van der Waals surface area contributed by atoms with Gasteiger partial charge in [0.15, 0.2) is 11.6 Å². The zero-order valence-corrected chi connectivity index (χ0v) is 28.3. The van der Waals surface area contributed by atoms with Crippen molar-refractivity contribution in [3.8, 4) is 11.6 Å². The summed E-state index contributed by atoms with van der Waals surface area (Å²) in [5, 5.41) is 24.8. The van der Waals surface area contributed by atoms with Gasteiger partial charge < -0.3 is 4.40 Å². The summed E-state index contributed by atoms with van der Waals surface area (Å²) in [6.45, 7) is 0.